The van der Waals surface area contributed by atoms with Gasteiger partial charge in [-0.3, -0.25) is 4.79 Å². The summed E-state index contributed by atoms with van der Waals surface area (Å²) in [5, 5.41) is 10.3. The summed E-state index contributed by atoms with van der Waals surface area (Å²) in [4.78, 5) is 16.9. The Hall–Kier alpha value is -1.30. The van der Waals surface area contributed by atoms with E-state index in [1.165, 1.54) is 0 Å². The molecule has 0 saturated carbocycles. The number of ether oxygens (including phenoxy) is 1. The molecule has 1 N–H and O–H groups in total. The Labute approximate surface area is 173 Å². The summed E-state index contributed by atoms with van der Waals surface area (Å²) < 4.78 is 6.14. The molecule has 156 valence electrons. The number of aliphatic hydroxyl groups excluding tert-OH is 1. The highest BCUT2D eigenvalue weighted by atomic mass is 35.5. The van der Waals surface area contributed by atoms with E-state index in [9.17, 15) is 9.90 Å². The number of nitrogens with zero attached hydrogens (tertiary/aromatic N) is 2. The van der Waals surface area contributed by atoms with Crippen LogP contribution in [0.15, 0.2) is 18.2 Å². The highest BCUT2D eigenvalue weighted by Gasteiger charge is 2.26. The molecule has 2 saturated heterocycles. The van der Waals surface area contributed by atoms with E-state index >= 15 is 0 Å². The number of hydrogen-bond acceptors (Lipinski definition) is 4. The zero-order valence-electron chi connectivity index (χ0n) is 17.3. The second-order valence-corrected chi connectivity index (χ2v) is 9.75. The van der Waals surface area contributed by atoms with Crippen LogP contribution in [0.4, 0.5) is 0 Å². The van der Waals surface area contributed by atoms with E-state index < -0.39 is 6.10 Å². The summed E-state index contributed by atoms with van der Waals surface area (Å²) in [6.45, 7) is 11.0. The van der Waals surface area contributed by atoms with Crippen LogP contribution < -0.4 is 4.74 Å². The third kappa shape index (κ3) is 5.85. The Morgan fingerprint density at radius 3 is 2.54 bits per heavy atom. The highest BCUT2D eigenvalue weighted by Crippen LogP contribution is 2.30. The first-order chi connectivity index (χ1) is 13.2. The lowest BCUT2D eigenvalue weighted by Gasteiger charge is -2.36. The first kappa shape index (κ1) is 21.4. The Morgan fingerprint density at radius 1 is 1.21 bits per heavy atom. The van der Waals surface area contributed by atoms with E-state index in [4.69, 9.17) is 16.3 Å². The molecular weight excluding hydrogens is 376 g/mol. The minimum absolute atomic E-state index is 0.0808. The molecule has 6 heteroatoms. The molecular formula is C22H33ClN2O3. The Kier molecular flexibility index (Phi) is 6.89. The molecule has 2 aliphatic heterocycles. The van der Waals surface area contributed by atoms with Crippen LogP contribution in [0.1, 0.15) is 56.8 Å². The number of likely N-dealkylation sites (tertiary alicyclic amines) is 2. The Bertz CT molecular complexity index is 681. The van der Waals surface area contributed by atoms with Crippen molar-refractivity contribution < 1.29 is 14.6 Å². The monoisotopic (exact) mass is 408 g/mol. The largest absolute Gasteiger partial charge is 0.489 e. The molecule has 0 radical (unpaired) electrons. The first-order valence-corrected chi connectivity index (χ1v) is 10.7. The maximum Gasteiger partial charge on any atom is 0.253 e. The number of carbonyl (C=O) groups is 1. The number of β-amino-alcohol motifs (C(OH)–C–C–N with tert-alkyl or cyclic N) is 1. The van der Waals surface area contributed by atoms with Crippen molar-refractivity contribution in [2.75, 3.05) is 32.7 Å². The van der Waals surface area contributed by atoms with Gasteiger partial charge in [-0.2, -0.15) is 0 Å². The molecule has 1 atom stereocenters. The number of rotatable bonds is 4. The van der Waals surface area contributed by atoms with Gasteiger partial charge in [-0.1, -0.05) is 32.4 Å². The summed E-state index contributed by atoms with van der Waals surface area (Å²) >= 11 is 6.42. The van der Waals surface area contributed by atoms with Crippen LogP contribution in [0.3, 0.4) is 0 Å². The molecule has 3 rings (SSSR count). The van der Waals surface area contributed by atoms with Crippen molar-refractivity contribution >= 4 is 17.5 Å². The molecule has 0 aromatic heterocycles. The van der Waals surface area contributed by atoms with Crippen molar-refractivity contribution in [3.63, 3.8) is 0 Å². The van der Waals surface area contributed by atoms with Crippen LogP contribution in [0.25, 0.3) is 0 Å². The molecule has 2 aliphatic rings. The molecule has 1 amide bonds. The number of piperidine rings is 2. The van der Waals surface area contributed by atoms with Crippen molar-refractivity contribution in [3.8, 4) is 5.75 Å². The van der Waals surface area contributed by atoms with E-state index in [2.05, 4.69) is 25.7 Å². The fourth-order valence-corrected chi connectivity index (χ4v) is 4.31. The molecule has 0 aliphatic carbocycles. The highest BCUT2D eigenvalue weighted by molar-refractivity contribution is 6.32. The molecule has 2 fully saturated rings. The fourth-order valence-electron chi connectivity index (χ4n) is 4.09. The van der Waals surface area contributed by atoms with E-state index in [0.29, 0.717) is 34.8 Å². The van der Waals surface area contributed by atoms with Crippen LogP contribution in [-0.4, -0.2) is 65.7 Å². The van der Waals surface area contributed by atoms with E-state index in [0.717, 1.165) is 45.3 Å². The predicted octanol–water partition coefficient (Wildman–Crippen LogP) is 3.83. The van der Waals surface area contributed by atoms with Gasteiger partial charge < -0.3 is 19.6 Å². The summed E-state index contributed by atoms with van der Waals surface area (Å²) in [5.41, 5.74) is 0.857. The predicted molar refractivity (Wildman–Crippen MR) is 112 cm³/mol. The lowest BCUT2D eigenvalue weighted by atomic mass is 9.94. The van der Waals surface area contributed by atoms with Gasteiger partial charge in [-0.05, 0) is 49.3 Å². The van der Waals surface area contributed by atoms with Crippen LogP contribution in [0.2, 0.25) is 5.02 Å². The van der Waals surface area contributed by atoms with Gasteiger partial charge in [0.2, 0.25) is 0 Å². The summed E-state index contributed by atoms with van der Waals surface area (Å²) in [5.74, 6) is 0.564. The molecule has 0 bridgehead atoms. The number of benzene rings is 1. The molecule has 2 heterocycles. The van der Waals surface area contributed by atoms with Gasteiger partial charge in [-0.15, -0.1) is 0 Å². The second kappa shape index (κ2) is 9.02. The molecule has 1 aromatic carbocycles. The van der Waals surface area contributed by atoms with E-state index in [-0.39, 0.29) is 12.0 Å². The third-order valence-electron chi connectivity index (χ3n) is 5.39. The van der Waals surface area contributed by atoms with Crippen LogP contribution in [0, 0.1) is 5.41 Å². The third-order valence-corrected chi connectivity index (χ3v) is 5.68. The quantitative estimate of drug-likeness (QED) is 0.822. The number of hydrogen-bond donors (Lipinski definition) is 1. The lowest BCUT2D eigenvalue weighted by molar-refractivity contribution is 0.0473. The Balaban J connectivity index is 1.55. The van der Waals surface area contributed by atoms with Gasteiger partial charge in [-0.25, -0.2) is 0 Å². The van der Waals surface area contributed by atoms with E-state index in [1.807, 2.05) is 0 Å². The smallest absolute Gasteiger partial charge is 0.253 e. The number of halogens is 1. The lowest BCUT2D eigenvalue weighted by Crippen LogP contribution is -2.42. The van der Waals surface area contributed by atoms with Crippen molar-refractivity contribution in [1.29, 1.82) is 0 Å². The minimum Gasteiger partial charge on any atom is -0.489 e. The van der Waals surface area contributed by atoms with Crippen molar-refractivity contribution in [3.05, 3.63) is 28.8 Å². The molecule has 0 unspecified atom stereocenters. The van der Waals surface area contributed by atoms with Gasteiger partial charge in [0.05, 0.1) is 11.1 Å². The van der Waals surface area contributed by atoms with Gasteiger partial charge in [0, 0.05) is 38.3 Å². The summed E-state index contributed by atoms with van der Waals surface area (Å²) in [6.07, 6.45) is 3.28. The van der Waals surface area contributed by atoms with Crippen LogP contribution in [0.5, 0.6) is 5.75 Å². The number of amides is 1. The Morgan fingerprint density at radius 2 is 1.93 bits per heavy atom. The average molecular weight is 409 g/mol. The second-order valence-electron chi connectivity index (χ2n) is 9.35. The average Bonchev–Trinajstić information content (AvgIpc) is 2.63. The summed E-state index contributed by atoms with van der Waals surface area (Å²) in [6, 6.07) is 5.27. The van der Waals surface area contributed by atoms with Crippen LogP contribution >= 0.6 is 11.6 Å². The van der Waals surface area contributed by atoms with Crippen molar-refractivity contribution in [1.82, 2.24) is 9.80 Å². The van der Waals surface area contributed by atoms with Gasteiger partial charge >= 0.3 is 0 Å². The number of carbonyl (C=O) groups excluding carboxylic acids is 1. The number of aliphatic hydroxyl groups is 1. The molecule has 1 aromatic rings. The minimum atomic E-state index is -0.431. The normalized spacial score (nSPS) is 22.3. The maximum atomic E-state index is 12.7. The fraction of sp³-hybridized carbons (Fsp3) is 0.682. The van der Waals surface area contributed by atoms with Crippen LogP contribution in [-0.2, 0) is 0 Å². The standard InChI is InChI=1S/C22H33ClN2O3/c1-22(2,3)15-24-11-8-18(9-12-24)28-20-7-6-16(13-19(20)23)21(27)25-10-4-5-17(26)14-25/h6-7,13,17-18,26H,4-5,8-12,14-15H2,1-3H3/t17-/m0/s1. The molecule has 5 nitrogen and oxygen atoms in total. The van der Waals surface area contributed by atoms with Gasteiger partial charge in [0.1, 0.15) is 11.9 Å². The SMILES string of the molecule is CC(C)(C)CN1CCC(Oc2ccc(C(=O)N3CCC[C@H](O)C3)cc2Cl)CC1. The zero-order valence-corrected chi connectivity index (χ0v) is 18.0. The van der Waals surface area contributed by atoms with E-state index in [1.54, 1.807) is 23.1 Å². The molecule has 0 spiro atoms. The summed E-state index contributed by atoms with van der Waals surface area (Å²) in [7, 11) is 0. The van der Waals surface area contributed by atoms with Crippen molar-refractivity contribution in [2.24, 2.45) is 5.41 Å². The molecule has 28 heavy (non-hydrogen) atoms. The van der Waals surface area contributed by atoms with Gasteiger partial charge in [0.15, 0.2) is 0 Å². The van der Waals surface area contributed by atoms with Gasteiger partial charge in [0.25, 0.3) is 5.91 Å². The van der Waals surface area contributed by atoms with Crippen molar-refractivity contribution in [2.45, 2.75) is 58.7 Å². The topological polar surface area (TPSA) is 53.0 Å². The zero-order chi connectivity index (χ0) is 20.3. The first-order valence-electron chi connectivity index (χ1n) is 10.4. The maximum absolute atomic E-state index is 12.7.